The van der Waals surface area contributed by atoms with Crippen molar-refractivity contribution >= 4 is 11.6 Å². The van der Waals surface area contributed by atoms with Gasteiger partial charge in [0.05, 0.1) is 12.3 Å². The van der Waals surface area contributed by atoms with Crippen molar-refractivity contribution < 1.29 is 4.74 Å². The van der Waals surface area contributed by atoms with Crippen molar-refractivity contribution in [1.82, 2.24) is 4.98 Å². The fraction of sp³-hybridized carbons (Fsp3) is 0.261. The van der Waals surface area contributed by atoms with Crippen LogP contribution in [0.4, 0.5) is 0 Å². The molecule has 0 fully saturated rings. The molecule has 1 aromatic heterocycles. The molecule has 0 saturated heterocycles. The zero-order valence-electron chi connectivity index (χ0n) is 14.9. The first-order chi connectivity index (χ1) is 12.7. The summed E-state index contributed by atoms with van der Waals surface area (Å²) in [5, 5.41) is 0.800. The minimum atomic E-state index is 0.453. The summed E-state index contributed by atoms with van der Waals surface area (Å²) in [6.45, 7) is 2.70. The largest absolute Gasteiger partial charge is 0.493 e. The first-order valence-electron chi connectivity index (χ1n) is 9.21. The molecule has 1 aliphatic rings. The molecule has 0 bridgehead atoms. The first kappa shape index (κ1) is 17.1. The topological polar surface area (TPSA) is 22.1 Å². The molecule has 132 valence electrons. The van der Waals surface area contributed by atoms with Gasteiger partial charge in [-0.05, 0) is 49.8 Å². The summed E-state index contributed by atoms with van der Waals surface area (Å²) in [5.41, 5.74) is 5.84. The highest BCUT2D eigenvalue weighted by Crippen LogP contribution is 2.38. The number of rotatable bonds is 4. The van der Waals surface area contributed by atoms with Gasteiger partial charge in [-0.25, -0.2) is 0 Å². The van der Waals surface area contributed by atoms with Crippen molar-refractivity contribution in [2.24, 2.45) is 0 Å². The molecule has 0 N–H and O–H groups in total. The lowest BCUT2D eigenvalue weighted by Crippen LogP contribution is -2.16. The number of aromatic nitrogens is 1. The molecule has 0 aliphatic heterocycles. The van der Waals surface area contributed by atoms with Gasteiger partial charge in [0.15, 0.2) is 0 Å². The number of fused-ring (bicyclic) bond motifs is 1. The smallest absolute Gasteiger partial charge is 0.126 e. The lowest BCUT2D eigenvalue weighted by molar-refractivity contribution is 0.333. The van der Waals surface area contributed by atoms with Crippen LogP contribution in [0.15, 0.2) is 60.7 Å². The maximum Gasteiger partial charge on any atom is 0.126 e. The highest BCUT2D eigenvalue weighted by Gasteiger charge is 2.25. The Labute approximate surface area is 159 Å². The molecule has 0 saturated carbocycles. The molecule has 3 aromatic rings. The molecule has 26 heavy (non-hydrogen) atoms. The van der Waals surface area contributed by atoms with Crippen LogP contribution in [0.25, 0.3) is 11.3 Å². The van der Waals surface area contributed by atoms with Crippen LogP contribution in [0.3, 0.4) is 0 Å². The Bertz CT molecular complexity index is 907. The molecule has 3 heteroatoms. The average molecular weight is 364 g/mol. The van der Waals surface area contributed by atoms with Crippen LogP contribution in [0.5, 0.6) is 5.75 Å². The SMILES string of the molecule is CCOc1cc(-c2ccccc2)nc2c1CCC(c1cccc(Cl)c1)C2. The minimum Gasteiger partial charge on any atom is -0.493 e. The van der Waals surface area contributed by atoms with E-state index < -0.39 is 0 Å². The van der Waals surface area contributed by atoms with Crippen molar-refractivity contribution in [3.8, 4) is 17.0 Å². The number of hydrogen-bond donors (Lipinski definition) is 0. The Morgan fingerprint density at radius 2 is 1.92 bits per heavy atom. The van der Waals surface area contributed by atoms with Crippen LogP contribution < -0.4 is 4.74 Å². The summed E-state index contributed by atoms with van der Waals surface area (Å²) in [6.07, 6.45) is 3.01. The fourth-order valence-electron chi connectivity index (χ4n) is 3.78. The summed E-state index contributed by atoms with van der Waals surface area (Å²) in [6, 6.07) is 20.6. The van der Waals surface area contributed by atoms with E-state index in [2.05, 4.69) is 30.3 Å². The number of hydrogen-bond acceptors (Lipinski definition) is 2. The quantitative estimate of drug-likeness (QED) is 0.561. The third-order valence-corrected chi connectivity index (χ3v) is 5.28. The highest BCUT2D eigenvalue weighted by atomic mass is 35.5. The van der Waals surface area contributed by atoms with Gasteiger partial charge in [-0.2, -0.15) is 0 Å². The lowest BCUT2D eigenvalue weighted by Gasteiger charge is -2.26. The predicted octanol–water partition coefficient (Wildman–Crippen LogP) is 6.07. The van der Waals surface area contributed by atoms with Crippen LogP contribution in [-0.4, -0.2) is 11.6 Å². The third-order valence-electron chi connectivity index (χ3n) is 5.04. The zero-order chi connectivity index (χ0) is 17.9. The molecular weight excluding hydrogens is 342 g/mol. The number of halogens is 1. The maximum atomic E-state index is 6.20. The van der Waals surface area contributed by atoms with Gasteiger partial charge in [0.25, 0.3) is 0 Å². The van der Waals surface area contributed by atoms with E-state index in [4.69, 9.17) is 21.3 Å². The average Bonchev–Trinajstić information content (AvgIpc) is 2.68. The Morgan fingerprint density at radius 1 is 1.08 bits per heavy atom. The number of benzene rings is 2. The van der Waals surface area contributed by atoms with E-state index in [1.165, 1.54) is 11.1 Å². The van der Waals surface area contributed by atoms with E-state index in [1.807, 2.05) is 37.3 Å². The van der Waals surface area contributed by atoms with E-state index in [0.717, 1.165) is 47.0 Å². The molecule has 0 spiro atoms. The van der Waals surface area contributed by atoms with Crippen molar-refractivity contribution in [2.45, 2.75) is 32.1 Å². The van der Waals surface area contributed by atoms with Gasteiger partial charge in [-0.15, -0.1) is 0 Å². The van der Waals surface area contributed by atoms with Crippen molar-refractivity contribution in [2.75, 3.05) is 6.61 Å². The standard InChI is InChI=1S/C23H22ClNO/c1-2-26-23-15-21(16-7-4-3-5-8-16)25-22-14-18(11-12-20(22)23)17-9-6-10-19(24)13-17/h3-10,13,15,18H,2,11-12,14H2,1H3. The van der Waals surface area contributed by atoms with Crippen molar-refractivity contribution in [3.05, 3.63) is 82.5 Å². The van der Waals surface area contributed by atoms with Crippen LogP contribution in [-0.2, 0) is 12.8 Å². The van der Waals surface area contributed by atoms with Crippen molar-refractivity contribution in [1.29, 1.82) is 0 Å². The monoisotopic (exact) mass is 363 g/mol. The van der Waals surface area contributed by atoms with Crippen LogP contribution in [0.1, 0.15) is 36.1 Å². The Balaban J connectivity index is 1.73. The summed E-state index contributed by atoms with van der Waals surface area (Å²) in [5.74, 6) is 1.44. The molecule has 4 rings (SSSR count). The molecule has 2 nitrogen and oxygen atoms in total. The van der Waals surface area contributed by atoms with E-state index in [9.17, 15) is 0 Å². The third kappa shape index (κ3) is 3.47. The Morgan fingerprint density at radius 3 is 2.69 bits per heavy atom. The molecule has 1 heterocycles. The molecule has 0 amide bonds. The predicted molar refractivity (Wildman–Crippen MR) is 107 cm³/mol. The van der Waals surface area contributed by atoms with E-state index in [-0.39, 0.29) is 0 Å². The summed E-state index contributed by atoms with van der Waals surface area (Å²) in [4.78, 5) is 5.01. The van der Waals surface area contributed by atoms with Gasteiger partial charge >= 0.3 is 0 Å². The van der Waals surface area contributed by atoms with Gasteiger partial charge in [0, 0.05) is 27.9 Å². The summed E-state index contributed by atoms with van der Waals surface area (Å²) < 4.78 is 5.97. The second-order valence-corrected chi connectivity index (χ2v) is 7.16. The Kier molecular flexibility index (Phi) is 4.94. The summed E-state index contributed by atoms with van der Waals surface area (Å²) >= 11 is 6.20. The normalized spacial score (nSPS) is 16.2. The first-order valence-corrected chi connectivity index (χ1v) is 9.59. The molecule has 1 atom stereocenters. The van der Waals surface area contributed by atoms with Gasteiger partial charge in [0.1, 0.15) is 5.75 Å². The molecule has 2 aromatic carbocycles. The van der Waals surface area contributed by atoms with Gasteiger partial charge < -0.3 is 4.74 Å². The van der Waals surface area contributed by atoms with E-state index in [1.54, 1.807) is 0 Å². The maximum absolute atomic E-state index is 6.20. The minimum absolute atomic E-state index is 0.453. The number of ether oxygens (including phenoxy) is 1. The number of pyridine rings is 1. The zero-order valence-corrected chi connectivity index (χ0v) is 15.7. The van der Waals surface area contributed by atoms with Crippen molar-refractivity contribution in [3.63, 3.8) is 0 Å². The van der Waals surface area contributed by atoms with Crippen LogP contribution >= 0.6 is 11.6 Å². The molecular formula is C23H22ClNO. The van der Waals surface area contributed by atoms with Gasteiger partial charge in [-0.1, -0.05) is 54.1 Å². The second kappa shape index (κ2) is 7.51. The number of nitrogens with zero attached hydrogens (tertiary/aromatic N) is 1. The Hall–Kier alpha value is -2.32. The fourth-order valence-corrected chi connectivity index (χ4v) is 3.97. The van der Waals surface area contributed by atoms with Crippen LogP contribution in [0, 0.1) is 0 Å². The lowest BCUT2D eigenvalue weighted by atomic mass is 9.82. The summed E-state index contributed by atoms with van der Waals surface area (Å²) in [7, 11) is 0. The molecule has 1 unspecified atom stereocenters. The van der Waals surface area contributed by atoms with Gasteiger partial charge in [-0.3, -0.25) is 4.98 Å². The highest BCUT2D eigenvalue weighted by molar-refractivity contribution is 6.30. The van der Waals surface area contributed by atoms with Gasteiger partial charge in [0.2, 0.25) is 0 Å². The molecule has 1 aliphatic carbocycles. The van der Waals surface area contributed by atoms with E-state index in [0.29, 0.717) is 12.5 Å². The van der Waals surface area contributed by atoms with Crippen LogP contribution in [0.2, 0.25) is 5.02 Å². The second-order valence-electron chi connectivity index (χ2n) is 6.72. The molecule has 0 radical (unpaired) electrons. The van der Waals surface area contributed by atoms with E-state index >= 15 is 0 Å².